The van der Waals surface area contributed by atoms with Crippen LogP contribution in [0, 0.1) is 0 Å². The van der Waals surface area contributed by atoms with Gasteiger partial charge in [-0.1, -0.05) is 28.1 Å². The maximum atomic E-state index is 12.4. The molecule has 1 unspecified atom stereocenters. The lowest BCUT2D eigenvalue weighted by Crippen LogP contribution is -2.23. The average molecular weight is 269 g/mol. The van der Waals surface area contributed by atoms with Crippen LogP contribution < -0.4 is 0 Å². The highest BCUT2D eigenvalue weighted by Crippen LogP contribution is 2.35. The summed E-state index contributed by atoms with van der Waals surface area (Å²) in [7, 11) is 0. The van der Waals surface area contributed by atoms with Gasteiger partial charge in [0, 0.05) is 4.47 Å². The number of hydrogen-bond donors (Lipinski definition) is 1. The number of rotatable bonds is 2. The molecule has 0 amide bonds. The van der Waals surface area contributed by atoms with Gasteiger partial charge in [0.05, 0.1) is 6.61 Å². The van der Waals surface area contributed by atoms with E-state index in [0.29, 0.717) is 4.47 Å². The van der Waals surface area contributed by atoms with Gasteiger partial charge in [0.1, 0.15) is 5.92 Å². The second kappa shape index (κ2) is 4.31. The van der Waals surface area contributed by atoms with Gasteiger partial charge >= 0.3 is 6.18 Å². The Kier molecular flexibility index (Phi) is 3.55. The summed E-state index contributed by atoms with van der Waals surface area (Å²) >= 11 is 3.08. The fourth-order valence-electron chi connectivity index (χ4n) is 1.12. The Morgan fingerprint density at radius 1 is 1.36 bits per heavy atom. The molecule has 0 saturated carbocycles. The van der Waals surface area contributed by atoms with Crippen LogP contribution in [0.3, 0.4) is 0 Å². The first-order valence-electron chi connectivity index (χ1n) is 3.88. The molecule has 0 aliphatic carbocycles. The van der Waals surface area contributed by atoms with E-state index in [1.54, 1.807) is 6.07 Å². The summed E-state index contributed by atoms with van der Waals surface area (Å²) in [5.41, 5.74) is 0.0642. The molecule has 5 heteroatoms. The van der Waals surface area contributed by atoms with Crippen LogP contribution in [0.1, 0.15) is 11.5 Å². The van der Waals surface area contributed by atoms with Crippen LogP contribution in [0.2, 0.25) is 0 Å². The van der Waals surface area contributed by atoms with Crippen molar-refractivity contribution in [3.05, 3.63) is 34.3 Å². The van der Waals surface area contributed by atoms with Gasteiger partial charge in [0.15, 0.2) is 0 Å². The topological polar surface area (TPSA) is 20.2 Å². The van der Waals surface area contributed by atoms with Crippen molar-refractivity contribution >= 4 is 15.9 Å². The molecule has 0 bridgehead atoms. The van der Waals surface area contributed by atoms with E-state index in [1.165, 1.54) is 18.2 Å². The number of alkyl halides is 3. The quantitative estimate of drug-likeness (QED) is 0.874. The van der Waals surface area contributed by atoms with Crippen LogP contribution in [-0.4, -0.2) is 17.9 Å². The molecule has 1 aromatic carbocycles. The van der Waals surface area contributed by atoms with Gasteiger partial charge in [-0.3, -0.25) is 0 Å². The summed E-state index contributed by atoms with van der Waals surface area (Å²) in [6.45, 7) is -0.931. The van der Waals surface area contributed by atoms with E-state index in [0.717, 1.165) is 0 Å². The molecule has 1 atom stereocenters. The Morgan fingerprint density at radius 2 is 2.00 bits per heavy atom. The summed E-state index contributed by atoms with van der Waals surface area (Å²) < 4.78 is 37.7. The second-order valence-corrected chi connectivity index (χ2v) is 3.75. The van der Waals surface area contributed by atoms with Crippen LogP contribution in [0.4, 0.5) is 13.2 Å². The van der Waals surface area contributed by atoms with Crippen LogP contribution in [-0.2, 0) is 0 Å². The van der Waals surface area contributed by atoms with E-state index >= 15 is 0 Å². The average Bonchev–Trinajstić information content (AvgIpc) is 2.02. The highest BCUT2D eigenvalue weighted by molar-refractivity contribution is 9.10. The Hall–Kier alpha value is -0.550. The molecular weight excluding hydrogens is 261 g/mol. The van der Waals surface area contributed by atoms with E-state index in [-0.39, 0.29) is 5.56 Å². The molecule has 0 aliphatic heterocycles. The lowest BCUT2D eigenvalue weighted by molar-refractivity contribution is -0.158. The summed E-state index contributed by atoms with van der Waals surface area (Å²) in [5, 5.41) is 8.67. The third kappa shape index (κ3) is 2.72. The van der Waals surface area contributed by atoms with E-state index in [2.05, 4.69) is 15.9 Å². The highest BCUT2D eigenvalue weighted by atomic mass is 79.9. The highest BCUT2D eigenvalue weighted by Gasteiger charge is 2.40. The van der Waals surface area contributed by atoms with E-state index in [1.807, 2.05) is 0 Å². The van der Waals surface area contributed by atoms with Crippen molar-refractivity contribution in [2.24, 2.45) is 0 Å². The van der Waals surface area contributed by atoms with Gasteiger partial charge in [0.2, 0.25) is 0 Å². The van der Waals surface area contributed by atoms with Crippen LogP contribution >= 0.6 is 15.9 Å². The van der Waals surface area contributed by atoms with Crippen LogP contribution in [0.15, 0.2) is 28.7 Å². The molecule has 0 aromatic heterocycles. The minimum Gasteiger partial charge on any atom is -0.395 e. The van der Waals surface area contributed by atoms with Crippen molar-refractivity contribution in [3.8, 4) is 0 Å². The van der Waals surface area contributed by atoms with Crippen molar-refractivity contribution < 1.29 is 18.3 Å². The normalized spacial score (nSPS) is 14.1. The van der Waals surface area contributed by atoms with Crippen LogP contribution in [0.5, 0.6) is 0 Å². The summed E-state index contributed by atoms with van der Waals surface area (Å²) in [5.74, 6) is -1.81. The Labute approximate surface area is 87.7 Å². The Morgan fingerprint density at radius 3 is 2.43 bits per heavy atom. The Balaban J connectivity index is 3.01. The summed E-state index contributed by atoms with van der Waals surface area (Å²) in [6.07, 6.45) is -4.41. The molecule has 1 N–H and O–H groups in total. The van der Waals surface area contributed by atoms with Crippen molar-refractivity contribution in [2.75, 3.05) is 6.61 Å². The monoisotopic (exact) mass is 268 g/mol. The third-order valence-corrected chi connectivity index (χ3v) is 2.32. The molecule has 0 heterocycles. The van der Waals surface area contributed by atoms with Crippen molar-refractivity contribution in [3.63, 3.8) is 0 Å². The van der Waals surface area contributed by atoms with Gasteiger partial charge in [0.25, 0.3) is 0 Å². The SMILES string of the molecule is OCC(c1cccc(Br)c1)C(F)(F)F. The van der Waals surface area contributed by atoms with Gasteiger partial charge < -0.3 is 5.11 Å². The maximum Gasteiger partial charge on any atom is 0.397 e. The second-order valence-electron chi connectivity index (χ2n) is 2.83. The molecule has 0 saturated heterocycles. The Bertz CT molecular complexity index is 311. The van der Waals surface area contributed by atoms with E-state index < -0.39 is 18.7 Å². The molecule has 78 valence electrons. The van der Waals surface area contributed by atoms with Gasteiger partial charge in [-0.25, -0.2) is 0 Å². The molecule has 0 aliphatic rings. The number of aliphatic hydroxyl groups is 1. The maximum absolute atomic E-state index is 12.4. The molecule has 0 radical (unpaired) electrons. The van der Waals surface area contributed by atoms with Crippen molar-refractivity contribution in [2.45, 2.75) is 12.1 Å². The van der Waals surface area contributed by atoms with E-state index in [9.17, 15) is 13.2 Å². The largest absolute Gasteiger partial charge is 0.397 e. The number of hydrogen-bond acceptors (Lipinski definition) is 1. The first-order valence-corrected chi connectivity index (χ1v) is 4.67. The molecular formula is C9H8BrF3O. The number of benzene rings is 1. The molecule has 1 nitrogen and oxygen atoms in total. The predicted molar refractivity (Wildman–Crippen MR) is 50.0 cm³/mol. The fourth-order valence-corrected chi connectivity index (χ4v) is 1.54. The summed E-state index contributed by atoms with van der Waals surface area (Å²) in [6, 6.07) is 5.84. The molecule has 0 spiro atoms. The zero-order valence-electron chi connectivity index (χ0n) is 7.05. The van der Waals surface area contributed by atoms with Crippen molar-refractivity contribution in [1.29, 1.82) is 0 Å². The number of aliphatic hydroxyl groups excluding tert-OH is 1. The lowest BCUT2D eigenvalue weighted by atomic mass is 10.00. The smallest absolute Gasteiger partial charge is 0.395 e. The molecule has 14 heavy (non-hydrogen) atoms. The van der Waals surface area contributed by atoms with Crippen molar-refractivity contribution in [1.82, 2.24) is 0 Å². The summed E-state index contributed by atoms with van der Waals surface area (Å²) in [4.78, 5) is 0. The molecule has 1 rings (SSSR count). The third-order valence-electron chi connectivity index (χ3n) is 1.83. The van der Waals surface area contributed by atoms with Gasteiger partial charge in [-0.15, -0.1) is 0 Å². The number of halogens is 4. The lowest BCUT2D eigenvalue weighted by Gasteiger charge is -2.18. The molecule has 0 fully saturated rings. The zero-order chi connectivity index (χ0) is 10.8. The minimum atomic E-state index is -4.41. The molecule has 1 aromatic rings. The van der Waals surface area contributed by atoms with Crippen LogP contribution in [0.25, 0.3) is 0 Å². The minimum absolute atomic E-state index is 0.0642. The van der Waals surface area contributed by atoms with Gasteiger partial charge in [-0.05, 0) is 17.7 Å². The first kappa shape index (κ1) is 11.5. The predicted octanol–water partition coefficient (Wildman–Crippen LogP) is 3.09. The standard InChI is InChI=1S/C9H8BrF3O/c10-7-3-1-2-6(4-7)8(5-14)9(11,12)13/h1-4,8,14H,5H2. The zero-order valence-corrected chi connectivity index (χ0v) is 8.64. The first-order chi connectivity index (χ1) is 6.45. The van der Waals surface area contributed by atoms with Gasteiger partial charge in [-0.2, -0.15) is 13.2 Å². The van der Waals surface area contributed by atoms with E-state index in [4.69, 9.17) is 5.11 Å². The fraction of sp³-hybridized carbons (Fsp3) is 0.333.